The molecule has 9 nitrogen and oxygen atoms in total. The van der Waals surface area contributed by atoms with Crippen LogP contribution >= 0.6 is 0 Å². The average Bonchev–Trinajstić information content (AvgIpc) is 3.10. The predicted octanol–water partition coefficient (Wildman–Crippen LogP) is 6.94. The highest BCUT2D eigenvalue weighted by Crippen LogP contribution is 2.22. The largest absolute Gasteiger partial charge is 0.394 e. The van der Waals surface area contributed by atoms with E-state index in [9.17, 15) is 30.3 Å². The lowest BCUT2D eigenvalue weighted by Gasteiger charge is -2.40. The number of aliphatic hydroxyl groups excluding tert-OH is 5. The van der Waals surface area contributed by atoms with Crippen molar-refractivity contribution in [1.29, 1.82) is 0 Å². The molecular formula is C40H73NO8. The summed E-state index contributed by atoms with van der Waals surface area (Å²) in [6.07, 6.45) is 29.3. The molecule has 1 fully saturated rings. The van der Waals surface area contributed by atoms with Gasteiger partial charge in [-0.1, -0.05) is 140 Å². The van der Waals surface area contributed by atoms with Crippen LogP contribution in [0.3, 0.4) is 0 Å². The van der Waals surface area contributed by atoms with Crippen LogP contribution in [0.4, 0.5) is 0 Å². The minimum atomic E-state index is -1.57. The van der Waals surface area contributed by atoms with Gasteiger partial charge in [-0.3, -0.25) is 4.79 Å². The lowest BCUT2D eigenvalue weighted by Crippen LogP contribution is -2.60. The van der Waals surface area contributed by atoms with Crippen LogP contribution in [0, 0.1) is 0 Å². The topological polar surface area (TPSA) is 149 Å². The van der Waals surface area contributed by atoms with E-state index in [2.05, 4.69) is 43.5 Å². The van der Waals surface area contributed by atoms with Crippen molar-refractivity contribution in [1.82, 2.24) is 5.32 Å². The molecule has 6 N–H and O–H groups in total. The summed E-state index contributed by atoms with van der Waals surface area (Å²) in [5.74, 6) is -0.200. The van der Waals surface area contributed by atoms with Crippen molar-refractivity contribution in [3.63, 3.8) is 0 Å². The summed E-state index contributed by atoms with van der Waals surface area (Å²) >= 11 is 0. The van der Waals surface area contributed by atoms with Crippen LogP contribution < -0.4 is 5.32 Å². The average molecular weight is 696 g/mol. The van der Waals surface area contributed by atoms with E-state index in [1.54, 1.807) is 6.08 Å². The molecule has 1 aliphatic rings. The number of allylic oxidation sites excluding steroid dienone is 5. The fourth-order valence-corrected chi connectivity index (χ4v) is 5.95. The lowest BCUT2D eigenvalue weighted by atomic mass is 9.99. The maximum atomic E-state index is 12.7. The van der Waals surface area contributed by atoms with Crippen LogP contribution in [-0.2, 0) is 14.3 Å². The van der Waals surface area contributed by atoms with Crippen LogP contribution in [0.15, 0.2) is 36.5 Å². The number of unbranched alkanes of at least 4 members (excludes halogenated alkanes) is 17. The first kappa shape index (κ1) is 45.4. The Kier molecular flexibility index (Phi) is 28.9. The van der Waals surface area contributed by atoms with Crippen LogP contribution in [0.25, 0.3) is 0 Å². The van der Waals surface area contributed by atoms with Crippen molar-refractivity contribution in [3.8, 4) is 0 Å². The maximum absolute atomic E-state index is 12.7. The fraction of sp³-hybridized carbons (Fsp3) is 0.825. The third-order valence-electron chi connectivity index (χ3n) is 9.20. The number of hydrogen-bond acceptors (Lipinski definition) is 8. The first-order valence-corrected chi connectivity index (χ1v) is 19.7. The third kappa shape index (κ3) is 22.8. The predicted molar refractivity (Wildman–Crippen MR) is 198 cm³/mol. The van der Waals surface area contributed by atoms with Gasteiger partial charge in [0.15, 0.2) is 6.29 Å². The van der Waals surface area contributed by atoms with Gasteiger partial charge in [0.25, 0.3) is 0 Å². The Morgan fingerprint density at radius 3 is 1.71 bits per heavy atom. The van der Waals surface area contributed by atoms with Gasteiger partial charge in [0.2, 0.25) is 5.91 Å². The van der Waals surface area contributed by atoms with Crippen molar-refractivity contribution in [3.05, 3.63) is 36.5 Å². The van der Waals surface area contributed by atoms with E-state index in [1.807, 2.05) is 6.08 Å². The van der Waals surface area contributed by atoms with Gasteiger partial charge < -0.3 is 40.3 Å². The molecule has 0 spiro atoms. The molecule has 0 bridgehead atoms. The highest BCUT2D eigenvalue weighted by Gasteiger charge is 2.44. The molecule has 1 aliphatic heterocycles. The van der Waals surface area contributed by atoms with Crippen molar-refractivity contribution in [2.24, 2.45) is 0 Å². The second kappa shape index (κ2) is 31.2. The molecule has 9 heteroatoms. The smallest absolute Gasteiger partial charge is 0.220 e. The summed E-state index contributed by atoms with van der Waals surface area (Å²) in [4.78, 5) is 12.7. The number of rotatable bonds is 31. The number of aliphatic hydroxyl groups is 5. The van der Waals surface area contributed by atoms with Gasteiger partial charge >= 0.3 is 0 Å². The molecule has 286 valence electrons. The van der Waals surface area contributed by atoms with Crippen molar-refractivity contribution >= 4 is 5.91 Å². The number of ether oxygens (including phenoxy) is 2. The van der Waals surface area contributed by atoms with E-state index in [0.29, 0.717) is 6.42 Å². The Labute approximate surface area is 298 Å². The van der Waals surface area contributed by atoms with Gasteiger partial charge in [-0.05, 0) is 44.9 Å². The molecule has 1 saturated heterocycles. The van der Waals surface area contributed by atoms with Gasteiger partial charge in [0.05, 0.1) is 25.4 Å². The zero-order valence-corrected chi connectivity index (χ0v) is 30.9. The quantitative estimate of drug-likeness (QED) is 0.0338. The minimum absolute atomic E-state index is 0.200. The summed E-state index contributed by atoms with van der Waals surface area (Å²) in [6.45, 7) is 3.67. The number of hydrogen-bond donors (Lipinski definition) is 6. The molecule has 0 aromatic heterocycles. The van der Waals surface area contributed by atoms with E-state index < -0.39 is 49.5 Å². The Bertz CT molecular complexity index is 863. The van der Waals surface area contributed by atoms with Gasteiger partial charge in [-0.25, -0.2) is 0 Å². The number of nitrogens with one attached hydrogen (secondary N) is 1. The highest BCUT2D eigenvalue weighted by molar-refractivity contribution is 5.76. The molecule has 0 saturated carbocycles. The van der Waals surface area contributed by atoms with E-state index >= 15 is 0 Å². The zero-order chi connectivity index (χ0) is 36.0. The lowest BCUT2D eigenvalue weighted by molar-refractivity contribution is -0.302. The van der Waals surface area contributed by atoms with E-state index in [-0.39, 0.29) is 12.5 Å². The van der Waals surface area contributed by atoms with Crippen LogP contribution in [-0.4, -0.2) is 87.5 Å². The summed E-state index contributed by atoms with van der Waals surface area (Å²) in [5.41, 5.74) is 0. The molecule has 7 atom stereocenters. The molecule has 1 amide bonds. The monoisotopic (exact) mass is 696 g/mol. The second-order valence-electron chi connectivity index (χ2n) is 13.7. The normalized spacial score (nSPS) is 22.8. The summed E-state index contributed by atoms with van der Waals surface area (Å²) < 4.78 is 11.1. The van der Waals surface area contributed by atoms with Crippen molar-refractivity contribution in [2.45, 2.75) is 198 Å². The molecule has 0 radical (unpaired) electrons. The second-order valence-corrected chi connectivity index (χ2v) is 13.7. The Morgan fingerprint density at radius 1 is 0.673 bits per heavy atom. The SMILES string of the molecule is CCCCCCCCCCC/C=C/CC/C=C/CC/C=C/C(O)C(COC1OC(CO)C(O)C(O)C1O)NC(=O)CCCCCCCCC. The van der Waals surface area contributed by atoms with Gasteiger partial charge in [-0.2, -0.15) is 0 Å². The maximum Gasteiger partial charge on any atom is 0.220 e. The fourth-order valence-electron chi connectivity index (χ4n) is 5.95. The highest BCUT2D eigenvalue weighted by atomic mass is 16.7. The van der Waals surface area contributed by atoms with E-state index in [4.69, 9.17) is 9.47 Å². The first-order valence-electron chi connectivity index (χ1n) is 19.7. The Morgan fingerprint density at radius 2 is 1.16 bits per heavy atom. The van der Waals surface area contributed by atoms with Crippen LogP contribution in [0.5, 0.6) is 0 Å². The third-order valence-corrected chi connectivity index (χ3v) is 9.20. The van der Waals surface area contributed by atoms with E-state index in [0.717, 1.165) is 44.9 Å². The number of carbonyl (C=O) groups excluding carboxylic acids is 1. The minimum Gasteiger partial charge on any atom is -0.394 e. The summed E-state index contributed by atoms with van der Waals surface area (Å²) in [6, 6.07) is -0.821. The number of carbonyl (C=O) groups is 1. The molecule has 0 aromatic carbocycles. The van der Waals surface area contributed by atoms with Crippen molar-refractivity contribution in [2.75, 3.05) is 13.2 Å². The Hall–Kier alpha value is -1.59. The molecule has 1 rings (SSSR count). The number of amides is 1. The van der Waals surface area contributed by atoms with E-state index in [1.165, 1.54) is 89.9 Å². The molecule has 0 aromatic rings. The standard InChI is InChI=1S/C40H73NO8/c1-3-5-7-9-11-12-13-14-15-16-17-18-19-20-21-22-24-25-27-29-34(43)33(41-36(44)30-28-26-23-10-8-6-4-2)32-48-40-39(47)38(46)37(45)35(31-42)49-40/h17-18,21-22,27,29,33-35,37-40,42-43,45-47H,3-16,19-20,23-26,28,30-32H2,1-2H3,(H,41,44)/b18-17+,22-21+,29-27+. The van der Waals surface area contributed by atoms with Crippen LogP contribution in [0.1, 0.15) is 155 Å². The van der Waals surface area contributed by atoms with Gasteiger partial charge in [0.1, 0.15) is 24.4 Å². The van der Waals surface area contributed by atoms with Gasteiger partial charge in [0, 0.05) is 6.42 Å². The zero-order valence-electron chi connectivity index (χ0n) is 30.9. The van der Waals surface area contributed by atoms with Crippen LogP contribution in [0.2, 0.25) is 0 Å². The molecular weight excluding hydrogens is 622 g/mol. The summed E-state index contributed by atoms with van der Waals surface area (Å²) in [7, 11) is 0. The summed E-state index contributed by atoms with van der Waals surface area (Å²) in [5, 5.41) is 53.7. The molecule has 0 aliphatic carbocycles. The molecule has 1 heterocycles. The first-order chi connectivity index (χ1) is 23.8. The van der Waals surface area contributed by atoms with Crippen molar-refractivity contribution < 1.29 is 39.8 Å². The van der Waals surface area contributed by atoms with Gasteiger partial charge in [-0.15, -0.1) is 0 Å². The molecule has 7 unspecified atom stereocenters. The molecule has 49 heavy (non-hydrogen) atoms. The Balaban J connectivity index is 2.43.